The predicted octanol–water partition coefficient (Wildman–Crippen LogP) is 2.62. The quantitative estimate of drug-likeness (QED) is 0.908. The van der Waals surface area contributed by atoms with Gasteiger partial charge in [-0.05, 0) is 31.5 Å². The van der Waals surface area contributed by atoms with Crippen molar-refractivity contribution in [1.29, 1.82) is 0 Å². The minimum absolute atomic E-state index is 0.110. The molecule has 0 aliphatic rings. The molecule has 0 aliphatic heterocycles. The number of nitrogens with one attached hydrogen (secondary N) is 2. The molecule has 6 heteroatoms. The summed E-state index contributed by atoms with van der Waals surface area (Å²) in [4.78, 5) is 11.9. The number of rotatable bonds is 4. The van der Waals surface area contributed by atoms with Crippen molar-refractivity contribution >= 4 is 11.8 Å². The molecule has 0 bridgehead atoms. The fourth-order valence-corrected chi connectivity index (χ4v) is 1.95. The maximum absolute atomic E-state index is 11.9. The molecule has 0 saturated carbocycles. The van der Waals surface area contributed by atoms with Gasteiger partial charge in [0.2, 0.25) is 0 Å². The zero-order chi connectivity index (χ0) is 15.4. The first-order valence-electron chi connectivity index (χ1n) is 6.71. The number of anilines is 1. The summed E-state index contributed by atoms with van der Waals surface area (Å²) in [5.41, 5.74) is 1.98. The van der Waals surface area contributed by atoms with Crippen LogP contribution in [0.3, 0.4) is 0 Å². The Hall–Kier alpha value is -2.50. The van der Waals surface area contributed by atoms with E-state index in [1.165, 1.54) is 0 Å². The van der Waals surface area contributed by atoms with E-state index in [-0.39, 0.29) is 12.1 Å². The number of urea groups is 1. The zero-order valence-electron chi connectivity index (χ0n) is 12.7. The van der Waals surface area contributed by atoms with E-state index in [4.69, 9.17) is 4.74 Å². The van der Waals surface area contributed by atoms with Crippen molar-refractivity contribution in [2.45, 2.75) is 19.9 Å². The van der Waals surface area contributed by atoms with Gasteiger partial charge in [-0.25, -0.2) is 4.79 Å². The lowest BCUT2D eigenvalue weighted by Crippen LogP contribution is -2.31. The number of benzene rings is 1. The number of aromatic nitrogens is 2. The normalized spacial score (nSPS) is 11.8. The lowest BCUT2D eigenvalue weighted by molar-refractivity contribution is 0.249. The summed E-state index contributed by atoms with van der Waals surface area (Å²) in [5, 5.41) is 9.77. The van der Waals surface area contributed by atoms with E-state index in [9.17, 15) is 4.79 Å². The van der Waals surface area contributed by atoms with Gasteiger partial charge in [0.1, 0.15) is 5.75 Å². The number of hydrogen-bond donors (Lipinski definition) is 2. The van der Waals surface area contributed by atoms with Crippen molar-refractivity contribution in [1.82, 2.24) is 15.1 Å². The van der Waals surface area contributed by atoms with Gasteiger partial charge in [-0.1, -0.05) is 12.1 Å². The maximum atomic E-state index is 11.9. The summed E-state index contributed by atoms with van der Waals surface area (Å²) >= 11 is 0. The fourth-order valence-electron chi connectivity index (χ4n) is 1.95. The predicted molar refractivity (Wildman–Crippen MR) is 81.5 cm³/mol. The van der Waals surface area contributed by atoms with Gasteiger partial charge in [0.25, 0.3) is 0 Å². The molecule has 21 heavy (non-hydrogen) atoms. The number of hydrogen-bond acceptors (Lipinski definition) is 3. The van der Waals surface area contributed by atoms with Crippen LogP contribution in [0.2, 0.25) is 0 Å². The molecule has 1 unspecified atom stereocenters. The summed E-state index contributed by atoms with van der Waals surface area (Å²) in [6.07, 6.45) is 0. The van der Waals surface area contributed by atoms with Crippen molar-refractivity contribution < 1.29 is 9.53 Å². The molecular formula is C15H20N4O2. The van der Waals surface area contributed by atoms with Crippen LogP contribution >= 0.6 is 0 Å². The summed E-state index contributed by atoms with van der Waals surface area (Å²) in [7, 11) is 3.46. The van der Waals surface area contributed by atoms with Crippen molar-refractivity contribution in [3.8, 4) is 5.75 Å². The average molecular weight is 288 g/mol. The van der Waals surface area contributed by atoms with Crippen LogP contribution in [0, 0.1) is 6.92 Å². The second kappa shape index (κ2) is 6.30. The lowest BCUT2D eigenvalue weighted by atomic mass is 10.1. The third kappa shape index (κ3) is 3.75. The van der Waals surface area contributed by atoms with E-state index < -0.39 is 0 Å². The SMILES string of the molecule is COc1ccc(C(C)NC(=O)Nc2cc(C)n(C)n2)cc1. The van der Waals surface area contributed by atoms with E-state index >= 15 is 0 Å². The van der Waals surface area contributed by atoms with Gasteiger partial charge < -0.3 is 10.1 Å². The van der Waals surface area contributed by atoms with Crippen LogP contribution in [0.4, 0.5) is 10.6 Å². The Labute approximate surface area is 124 Å². The Morgan fingerprint density at radius 1 is 1.33 bits per heavy atom. The number of methoxy groups -OCH3 is 1. The molecule has 6 nitrogen and oxygen atoms in total. The molecule has 2 aromatic rings. The van der Waals surface area contributed by atoms with Crippen LogP contribution in [-0.4, -0.2) is 22.9 Å². The molecule has 0 spiro atoms. The summed E-state index contributed by atoms with van der Waals surface area (Å²) in [6.45, 7) is 3.85. The van der Waals surface area contributed by atoms with Crippen LogP contribution in [0.25, 0.3) is 0 Å². The first kappa shape index (κ1) is 14.9. The van der Waals surface area contributed by atoms with Gasteiger partial charge in [0.05, 0.1) is 13.2 Å². The molecule has 0 saturated heterocycles. The largest absolute Gasteiger partial charge is 0.497 e. The minimum Gasteiger partial charge on any atom is -0.497 e. The Morgan fingerprint density at radius 3 is 2.52 bits per heavy atom. The van der Waals surface area contributed by atoms with Crippen LogP contribution in [0.15, 0.2) is 30.3 Å². The Balaban J connectivity index is 1.94. The van der Waals surface area contributed by atoms with Gasteiger partial charge in [-0.2, -0.15) is 5.10 Å². The highest BCUT2D eigenvalue weighted by atomic mass is 16.5. The highest BCUT2D eigenvalue weighted by Gasteiger charge is 2.11. The van der Waals surface area contributed by atoms with Crippen LogP contribution < -0.4 is 15.4 Å². The first-order chi connectivity index (χ1) is 9.99. The standard InChI is InChI=1S/C15H20N4O2/c1-10-9-14(18-19(10)3)17-15(20)16-11(2)12-5-7-13(21-4)8-6-12/h5-9,11H,1-4H3,(H2,16,17,18,20). The molecule has 2 N–H and O–H groups in total. The average Bonchev–Trinajstić information content (AvgIpc) is 2.77. The third-order valence-corrected chi connectivity index (χ3v) is 3.32. The van der Waals surface area contributed by atoms with Gasteiger partial charge in [0.15, 0.2) is 5.82 Å². The maximum Gasteiger partial charge on any atom is 0.320 e. The molecule has 1 aromatic heterocycles. The summed E-state index contributed by atoms with van der Waals surface area (Å²) < 4.78 is 6.82. The van der Waals surface area contributed by atoms with Crippen LogP contribution in [0.1, 0.15) is 24.2 Å². The molecule has 1 heterocycles. The van der Waals surface area contributed by atoms with E-state index in [0.29, 0.717) is 5.82 Å². The molecule has 2 amide bonds. The lowest BCUT2D eigenvalue weighted by Gasteiger charge is -2.14. The van der Waals surface area contributed by atoms with E-state index in [1.807, 2.05) is 51.2 Å². The number of aryl methyl sites for hydroxylation is 2. The Kier molecular flexibility index (Phi) is 4.47. The topological polar surface area (TPSA) is 68.2 Å². The highest BCUT2D eigenvalue weighted by molar-refractivity contribution is 5.88. The highest BCUT2D eigenvalue weighted by Crippen LogP contribution is 2.17. The van der Waals surface area contributed by atoms with Crippen molar-refractivity contribution in [3.63, 3.8) is 0 Å². The molecule has 0 aliphatic carbocycles. The van der Waals surface area contributed by atoms with Gasteiger partial charge >= 0.3 is 6.03 Å². The van der Waals surface area contributed by atoms with Crippen LogP contribution in [-0.2, 0) is 7.05 Å². The monoisotopic (exact) mass is 288 g/mol. The van der Waals surface area contributed by atoms with Crippen LogP contribution in [0.5, 0.6) is 5.75 Å². The Morgan fingerprint density at radius 2 is 2.00 bits per heavy atom. The third-order valence-electron chi connectivity index (χ3n) is 3.32. The second-order valence-corrected chi connectivity index (χ2v) is 4.89. The molecule has 0 radical (unpaired) electrons. The molecule has 112 valence electrons. The van der Waals surface area contributed by atoms with Crippen molar-refractivity contribution in [2.24, 2.45) is 7.05 Å². The molecule has 0 fully saturated rings. The van der Waals surface area contributed by atoms with E-state index in [0.717, 1.165) is 17.0 Å². The summed E-state index contributed by atoms with van der Waals surface area (Å²) in [6, 6.07) is 9.01. The Bertz CT molecular complexity index is 600. The van der Waals surface area contributed by atoms with Crippen molar-refractivity contribution in [2.75, 3.05) is 12.4 Å². The first-order valence-corrected chi connectivity index (χ1v) is 6.71. The van der Waals surface area contributed by atoms with Gasteiger partial charge in [-0.15, -0.1) is 0 Å². The number of amides is 2. The molecular weight excluding hydrogens is 268 g/mol. The number of ether oxygens (including phenoxy) is 1. The van der Waals surface area contributed by atoms with E-state index in [1.54, 1.807) is 11.8 Å². The number of carbonyl (C=O) groups excluding carboxylic acids is 1. The molecule has 1 atom stereocenters. The van der Waals surface area contributed by atoms with Gasteiger partial charge in [-0.3, -0.25) is 10.00 Å². The molecule has 2 rings (SSSR count). The summed E-state index contributed by atoms with van der Waals surface area (Å²) in [5.74, 6) is 1.33. The van der Waals surface area contributed by atoms with E-state index in [2.05, 4.69) is 15.7 Å². The number of nitrogens with zero attached hydrogens (tertiary/aromatic N) is 2. The number of carbonyl (C=O) groups is 1. The second-order valence-electron chi connectivity index (χ2n) is 4.89. The minimum atomic E-state index is -0.281. The van der Waals surface area contributed by atoms with Crippen molar-refractivity contribution in [3.05, 3.63) is 41.6 Å². The smallest absolute Gasteiger partial charge is 0.320 e. The van der Waals surface area contributed by atoms with Gasteiger partial charge in [0, 0.05) is 18.8 Å². The molecule has 1 aromatic carbocycles. The fraction of sp³-hybridized carbons (Fsp3) is 0.333. The zero-order valence-corrected chi connectivity index (χ0v) is 12.7.